The van der Waals surface area contributed by atoms with E-state index in [0.29, 0.717) is 10.6 Å². The van der Waals surface area contributed by atoms with Crippen molar-refractivity contribution in [1.82, 2.24) is 9.88 Å². The summed E-state index contributed by atoms with van der Waals surface area (Å²) in [6.07, 6.45) is 2.81. The number of hydrogen-bond acceptors (Lipinski definition) is 4. The number of pyridine rings is 1. The molecule has 0 radical (unpaired) electrons. The number of carbonyl (C=O) groups is 3. The van der Waals surface area contributed by atoms with E-state index in [1.54, 1.807) is 66.7 Å². The molecule has 6 heteroatoms. The van der Waals surface area contributed by atoms with Gasteiger partial charge in [0.25, 0.3) is 11.8 Å². The summed E-state index contributed by atoms with van der Waals surface area (Å²) in [4.78, 5) is 42.8. The highest BCUT2D eigenvalue weighted by Crippen LogP contribution is 2.13. The van der Waals surface area contributed by atoms with Crippen LogP contribution in [0.15, 0.2) is 85.2 Å². The van der Waals surface area contributed by atoms with E-state index < -0.39 is 17.8 Å². The lowest BCUT2D eigenvalue weighted by Crippen LogP contribution is -2.44. The maximum absolute atomic E-state index is 12.8. The number of rotatable bonds is 3. The number of amides is 4. The molecule has 0 unspecified atom stereocenters. The minimum Gasteiger partial charge on any atom is -0.307 e. The number of anilines is 1. The van der Waals surface area contributed by atoms with Gasteiger partial charge in [-0.05, 0) is 36.4 Å². The summed E-state index contributed by atoms with van der Waals surface area (Å²) in [6.45, 7) is 0. The number of para-hydroxylation sites is 1. The third-order valence-corrected chi connectivity index (χ3v) is 3.56. The number of nitrogens with one attached hydrogen (secondary N) is 1. The molecule has 6 nitrogen and oxygen atoms in total. The first-order chi connectivity index (χ1) is 12.7. The maximum atomic E-state index is 12.8. The fraction of sp³-hybridized carbons (Fsp3) is 0. The molecule has 2 aromatic carbocycles. The van der Waals surface area contributed by atoms with Gasteiger partial charge >= 0.3 is 6.03 Å². The Labute approximate surface area is 150 Å². The highest BCUT2D eigenvalue weighted by molar-refractivity contribution is 6.22. The van der Waals surface area contributed by atoms with Gasteiger partial charge in [-0.2, -0.15) is 4.90 Å². The summed E-state index contributed by atoms with van der Waals surface area (Å²) >= 11 is 0. The molecule has 0 aliphatic heterocycles. The summed E-state index contributed by atoms with van der Waals surface area (Å²) in [5.41, 5.74) is 0.843. The minimum absolute atomic E-state index is 0.139. The van der Waals surface area contributed by atoms with Crippen molar-refractivity contribution in [2.24, 2.45) is 0 Å². The fourth-order valence-electron chi connectivity index (χ4n) is 2.31. The van der Waals surface area contributed by atoms with Crippen LogP contribution in [0.4, 0.5) is 10.5 Å². The van der Waals surface area contributed by atoms with Crippen LogP contribution in [0.25, 0.3) is 0 Å². The standard InChI is InChI=1S/C20H15N3O3/c24-18(15-8-3-1-4-9-15)23(19(25)16-10-7-13-21-14-16)20(26)22-17-11-5-2-6-12-17/h1-14H,(H,22,26). The summed E-state index contributed by atoms with van der Waals surface area (Å²) < 4.78 is 0. The van der Waals surface area contributed by atoms with Crippen molar-refractivity contribution in [2.45, 2.75) is 0 Å². The third kappa shape index (κ3) is 3.81. The molecule has 0 bridgehead atoms. The van der Waals surface area contributed by atoms with Crippen molar-refractivity contribution in [2.75, 3.05) is 5.32 Å². The van der Waals surface area contributed by atoms with Crippen LogP contribution in [0.5, 0.6) is 0 Å². The van der Waals surface area contributed by atoms with Crippen molar-refractivity contribution in [3.63, 3.8) is 0 Å². The molecule has 3 aromatic rings. The Morgan fingerprint density at radius 3 is 1.92 bits per heavy atom. The Kier molecular flexibility index (Phi) is 5.14. The van der Waals surface area contributed by atoms with Gasteiger partial charge in [-0.25, -0.2) is 4.79 Å². The van der Waals surface area contributed by atoms with Crippen molar-refractivity contribution in [3.05, 3.63) is 96.3 Å². The van der Waals surface area contributed by atoms with E-state index >= 15 is 0 Å². The maximum Gasteiger partial charge on any atom is 0.336 e. The van der Waals surface area contributed by atoms with Crippen molar-refractivity contribution < 1.29 is 14.4 Å². The Bertz CT molecular complexity index is 861. The van der Waals surface area contributed by atoms with Crippen LogP contribution in [0.3, 0.4) is 0 Å². The van der Waals surface area contributed by atoms with E-state index in [0.717, 1.165) is 0 Å². The monoisotopic (exact) mass is 345 g/mol. The normalized spacial score (nSPS) is 10.0. The van der Waals surface area contributed by atoms with Crippen LogP contribution in [0.1, 0.15) is 20.7 Å². The van der Waals surface area contributed by atoms with Crippen molar-refractivity contribution in [1.29, 1.82) is 0 Å². The molecule has 0 fully saturated rings. The van der Waals surface area contributed by atoms with E-state index in [1.807, 2.05) is 0 Å². The van der Waals surface area contributed by atoms with Gasteiger partial charge in [0.15, 0.2) is 0 Å². The molecule has 3 rings (SSSR count). The first-order valence-corrected chi connectivity index (χ1v) is 7.86. The second-order valence-electron chi connectivity index (χ2n) is 5.35. The van der Waals surface area contributed by atoms with Crippen molar-refractivity contribution in [3.8, 4) is 0 Å². The smallest absolute Gasteiger partial charge is 0.307 e. The molecule has 0 saturated carbocycles. The fourth-order valence-corrected chi connectivity index (χ4v) is 2.31. The average Bonchev–Trinajstić information content (AvgIpc) is 2.70. The Balaban J connectivity index is 1.94. The molecule has 0 spiro atoms. The van der Waals surface area contributed by atoms with Crippen molar-refractivity contribution >= 4 is 23.5 Å². The van der Waals surface area contributed by atoms with Crippen LogP contribution in [-0.2, 0) is 0 Å². The Morgan fingerprint density at radius 1 is 0.731 bits per heavy atom. The zero-order valence-corrected chi connectivity index (χ0v) is 13.7. The second kappa shape index (κ2) is 7.85. The lowest BCUT2D eigenvalue weighted by atomic mass is 10.1. The molecule has 4 amide bonds. The highest BCUT2D eigenvalue weighted by Gasteiger charge is 2.30. The lowest BCUT2D eigenvalue weighted by molar-refractivity contribution is 0.0677. The van der Waals surface area contributed by atoms with Crippen LogP contribution >= 0.6 is 0 Å². The Morgan fingerprint density at radius 2 is 1.31 bits per heavy atom. The molecular weight excluding hydrogens is 330 g/mol. The number of aromatic nitrogens is 1. The predicted molar refractivity (Wildman–Crippen MR) is 96.6 cm³/mol. The molecule has 26 heavy (non-hydrogen) atoms. The quantitative estimate of drug-likeness (QED) is 0.736. The predicted octanol–water partition coefficient (Wildman–Crippen LogP) is 3.60. The first kappa shape index (κ1) is 17.0. The number of imide groups is 3. The van der Waals surface area contributed by atoms with Gasteiger partial charge in [0.2, 0.25) is 0 Å². The summed E-state index contributed by atoms with van der Waals surface area (Å²) in [5, 5.41) is 2.57. The number of hydrogen-bond donors (Lipinski definition) is 1. The van der Waals surface area contributed by atoms with Gasteiger partial charge in [-0.1, -0.05) is 36.4 Å². The largest absolute Gasteiger partial charge is 0.336 e. The SMILES string of the molecule is O=C(Nc1ccccc1)N(C(=O)c1ccccc1)C(=O)c1cccnc1. The zero-order valence-electron chi connectivity index (χ0n) is 13.7. The van der Waals surface area contributed by atoms with Gasteiger partial charge in [0, 0.05) is 23.6 Å². The molecule has 0 saturated heterocycles. The van der Waals surface area contributed by atoms with E-state index in [1.165, 1.54) is 18.5 Å². The summed E-state index contributed by atoms with van der Waals surface area (Å²) in [6, 6.07) is 19.0. The molecule has 0 aliphatic carbocycles. The molecule has 1 heterocycles. The van der Waals surface area contributed by atoms with E-state index in [-0.39, 0.29) is 11.1 Å². The highest BCUT2D eigenvalue weighted by atomic mass is 16.2. The number of nitrogens with zero attached hydrogens (tertiary/aromatic N) is 2. The second-order valence-corrected chi connectivity index (χ2v) is 5.35. The molecular formula is C20H15N3O3. The first-order valence-electron chi connectivity index (χ1n) is 7.86. The molecule has 128 valence electrons. The molecule has 0 aliphatic rings. The summed E-state index contributed by atoms with van der Waals surface area (Å²) in [7, 11) is 0. The van der Waals surface area contributed by atoms with E-state index in [4.69, 9.17) is 0 Å². The number of carbonyl (C=O) groups excluding carboxylic acids is 3. The van der Waals surface area contributed by atoms with Crippen LogP contribution < -0.4 is 5.32 Å². The zero-order chi connectivity index (χ0) is 18.4. The van der Waals surface area contributed by atoms with Gasteiger partial charge in [-0.15, -0.1) is 0 Å². The van der Waals surface area contributed by atoms with E-state index in [9.17, 15) is 14.4 Å². The van der Waals surface area contributed by atoms with Gasteiger partial charge in [0.05, 0.1) is 5.56 Å². The van der Waals surface area contributed by atoms with Crippen LogP contribution in [0, 0.1) is 0 Å². The lowest BCUT2D eigenvalue weighted by Gasteiger charge is -2.19. The number of urea groups is 1. The Hall–Kier alpha value is -3.80. The van der Waals surface area contributed by atoms with Gasteiger partial charge in [0.1, 0.15) is 0 Å². The summed E-state index contributed by atoms with van der Waals surface area (Å²) in [5.74, 6) is -1.46. The average molecular weight is 345 g/mol. The molecule has 1 aromatic heterocycles. The van der Waals surface area contributed by atoms with E-state index in [2.05, 4.69) is 10.3 Å². The van der Waals surface area contributed by atoms with Gasteiger partial charge in [-0.3, -0.25) is 14.6 Å². The minimum atomic E-state index is -0.834. The third-order valence-electron chi connectivity index (χ3n) is 3.56. The van der Waals surface area contributed by atoms with Crippen LogP contribution in [0.2, 0.25) is 0 Å². The van der Waals surface area contributed by atoms with Crippen LogP contribution in [-0.4, -0.2) is 27.7 Å². The topological polar surface area (TPSA) is 79.4 Å². The van der Waals surface area contributed by atoms with Gasteiger partial charge < -0.3 is 5.32 Å². The molecule has 1 N–H and O–H groups in total. The molecule has 0 atom stereocenters. The number of benzene rings is 2.